The molecule has 0 radical (unpaired) electrons. The molecule has 1 aliphatic rings. The van der Waals surface area contributed by atoms with Gasteiger partial charge >= 0.3 is 0 Å². The van der Waals surface area contributed by atoms with Gasteiger partial charge in [-0.1, -0.05) is 29.8 Å². The minimum atomic E-state index is 0.290. The first-order valence-corrected chi connectivity index (χ1v) is 9.95. The van der Waals surface area contributed by atoms with Gasteiger partial charge in [-0.2, -0.15) is 5.26 Å². The van der Waals surface area contributed by atoms with E-state index >= 15 is 0 Å². The molecule has 5 nitrogen and oxygen atoms in total. The van der Waals surface area contributed by atoms with E-state index in [9.17, 15) is 5.26 Å². The summed E-state index contributed by atoms with van der Waals surface area (Å²) in [7, 11) is 0. The van der Waals surface area contributed by atoms with Crippen molar-refractivity contribution in [3.63, 3.8) is 0 Å². The van der Waals surface area contributed by atoms with Crippen LogP contribution < -0.4 is 9.47 Å². The van der Waals surface area contributed by atoms with Crippen LogP contribution in [0.5, 0.6) is 11.5 Å². The molecule has 0 aliphatic carbocycles. The maximum absolute atomic E-state index is 9.45. The molecule has 28 heavy (non-hydrogen) atoms. The fourth-order valence-corrected chi connectivity index (χ4v) is 4.42. The Morgan fingerprint density at radius 2 is 1.82 bits per heavy atom. The summed E-state index contributed by atoms with van der Waals surface area (Å²) >= 11 is 1.58. The van der Waals surface area contributed by atoms with Gasteiger partial charge in [0.15, 0.2) is 16.5 Å². The molecule has 2 aromatic heterocycles. The lowest BCUT2D eigenvalue weighted by atomic mass is 10.1. The lowest BCUT2D eigenvalue weighted by Crippen LogP contribution is -2.15. The van der Waals surface area contributed by atoms with Crippen molar-refractivity contribution >= 4 is 16.3 Å². The molecule has 0 amide bonds. The predicted molar refractivity (Wildman–Crippen MR) is 109 cm³/mol. The number of thiazole rings is 1. The van der Waals surface area contributed by atoms with Crippen LogP contribution in [-0.4, -0.2) is 22.6 Å². The van der Waals surface area contributed by atoms with E-state index in [0.29, 0.717) is 19.6 Å². The first-order valence-electron chi connectivity index (χ1n) is 9.07. The zero-order chi connectivity index (χ0) is 19.1. The quantitative estimate of drug-likeness (QED) is 0.503. The standard InChI is InChI=1S/C22H17N3O2S/c1-14-2-4-15(5-3-14)21-17(8-9-23)25-18(13-28-22(25)24-21)16-6-7-19-20(12-16)27-11-10-26-19/h2-7,12-13H,8,10-11H2,1H3. The van der Waals surface area contributed by atoms with Gasteiger partial charge in [-0.25, -0.2) is 4.98 Å². The van der Waals surface area contributed by atoms with Crippen molar-refractivity contribution in [1.29, 1.82) is 5.26 Å². The molecule has 0 saturated carbocycles. The molecule has 0 atom stereocenters. The van der Waals surface area contributed by atoms with Crippen LogP contribution >= 0.6 is 11.3 Å². The van der Waals surface area contributed by atoms with Gasteiger partial charge in [0, 0.05) is 16.5 Å². The number of nitrogens with zero attached hydrogens (tertiary/aromatic N) is 3. The van der Waals surface area contributed by atoms with E-state index in [2.05, 4.69) is 47.0 Å². The predicted octanol–water partition coefficient (Wildman–Crippen LogP) is 4.88. The molecule has 6 heteroatoms. The fourth-order valence-electron chi connectivity index (χ4n) is 3.50. The van der Waals surface area contributed by atoms with Crippen LogP contribution in [0.4, 0.5) is 0 Å². The fraction of sp³-hybridized carbons (Fsp3) is 0.182. The Labute approximate surface area is 166 Å². The smallest absolute Gasteiger partial charge is 0.194 e. The minimum absolute atomic E-state index is 0.290. The zero-order valence-corrected chi connectivity index (χ0v) is 16.1. The van der Waals surface area contributed by atoms with Crippen LogP contribution in [0.15, 0.2) is 47.8 Å². The Hall–Kier alpha value is -3.30. The van der Waals surface area contributed by atoms with Crippen molar-refractivity contribution in [2.45, 2.75) is 13.3 Å². The summed E-state index contributed by atoms with van der Waals surface area (Å²) in [4.78, 5) is 5.72. The Bertz CT molecular complexity index is 1220. The highest BCUT2D eigenvalue weighted by Gasteiger charge is 2.20. The van der Waals surface area contributed by atoms with Gasteiger partial charge in [-0.05, 0) is 25.1 Å². The van der Waals surface area contributed by atoms with E-state index in [1.54, 1.807) is 11.3 Å². The Balaban J connectivity index is 1.69. The third-order valence-corrected chi connectivity index (χ3v) is 5.69. The zero-order valence-electron chi connectivity index (χ0n) is 15.3. The molecule has 0 bridgehead atoms. The van der Waals surface area contributed by atoms with E-state index < -0.39 is 0 Å². The van der Waals surface area contributed by atoms with E-state index in [0.717, 1.165) is 44.7 Å². The van der Waals surface area contributed by atoms with Crippen LogP contribution in [-0.2, 0) is 6.42 Å². The number of fused-ring (bicyclic) bond motifs is 2. The molecule has 1 aliphatic heterocycles. The number of imidazole rings is 1. The average Bonchev–Trinajstić information content (AvgIpc) is 3.29. The molecule has 138 valence electrons. The van der Waals surface area contributed by atoms with Crippen LogP contribution in [0.1, 0.15) is 11.3 Å². The third kappa shape index (κ3) is 2.72. The minimum Gasteiger partial charge on any atom is -0.486 e. The van der Waals surface area contributed by atoms with Crippen molar-refractivity contribution in [3.8, 4) is 40.1 Å². The number of aromatic nitrogens is 2. The van der Waals surface area contributed by atoms with E-state index in [4.69, 9.17) is 14.5 Å². The Morgan fingerprint density at radius 3 is 2.61 bits per heavy atom. The topological polar surface area (TPSA) is 59.6 Å². The molecule has 2 aromatic carbocycles. The monoisotopic (exact) mass is 387 g/mol. The Kier molecular flexibility index (Phi) is 4.03. The van der Waals surface area contributed by atoms with E-state index in [1.165, 1.54) is 5.56 Å². The van der Waals surface area contributed by atoms with Crippen molar-refractivity contribution < 1.29 is 9.47 Å². The number of rotatable bonds is 3. The van der Waals surface area contributed by atoms with Crippen molar-refractivity contribution in [3.05, 3.63) is 59.1 Å². The van der Waals surface area contributed by atoms with E-state index in [-0.39, 0.29) is 0 Å². The first kappa shape index (κ1) is 16.8. The number of hydrogen-bond donors (Lipinski definition) is 0. The highest BCUT2D eigenvalue weighted by molar-refractivity contribution is 7.15. The second-order valence-corrected chi connectivity index (χ2v) is 7.54. The van der Waals surface area contributed by atoms with Gasteiger partial charge in [0.2, 0.25) is 0 Å². The van der Waals surface area contributed by atoms with Crippen molar-refractivity contribution in [1.82, 2.24) is 9.38 Å². The summed E-state index contributed by atoms with van der Waals surface area (Å²) in [6.07, 6.45) is 0.290. The maximum Gasteiger partial charge on any atom is 0.194 e. The van der Waals surface area contributed by atoms with Gasteiger partial charge in [0.1, 0.15) is 13.2 Å². The summed E-state index contributed by atoms with van der Waals surface area (Å²) in [5.74, 6) is 1.52. The molecule has 5 rings (SSSR count). The second-order valence-electron chi connectivity index (χ2n) is 6.71. The molecule has 0 saturated heterocycles. The molecule has 3 heterocycles. The van der Waals surface area contributed by atoms with Gasteiger partial charge in [0.05, 0.1) is 29.6 Å². The van der Waals surface area contributed by atoms with Gasteiger partial charge in [-0.3, -0.25) is 4.40 Å². The van der Waals surface area contributed by atoms with Crippen molar-refractivity contribution in [2.24, 2.45) is 0 Å². The molecule has 0 N–H and O–H groups in total. The summed E-state index contributed by atoms with van der Waals surface area (Å²) in [6, 6.07) is 16.5. The Morgan fingerprint density at radius 1 is 1.07 bits per heavy atom. The number of hydrogen-bond acceptors (Lipinski definition) is 5. The largest absolute Gasteiger partial charge is 0.486 e. The van der Waals surface area contributed by atoms with Crippen LogP contribution in [0.25, 0.3) is 27.5 Å². The molecule has 0 spiro atoms. The van der Waals surface area contributed by atoms with Gasteiger partial charge < -0.3 is 9.47 Å². The second kappa shape index (κ2) is 6.70. The number of aryl methyl sites for hydroxylation is 1. The summed E-state index contributed by atoms with van der Waals surface area (Å²) in [5, 5.41) is 11.5. The highest BCUT2D eigenvalue weighted by Crippen LogP contribution is 2.38. The molecule has 0 fully saturated rings. The SMILES string of the molecule is Cc1ccc(-c2nc3scc(-c4ccc5c(c4)OCCO5)n3c2CC#N)cc1. The summed E-state index contributed by atoms with van der Waals surface area (Å²) < 4.78 is 13.5. The summed E-state index contributed by atoms with van der Waals surface area (Å²) in [5.41, 5.74) is 6.03. The molecule has 4 aromatic rings. The molecule has 0 unspecified atom stereocenters. The third-order valence-electron chi connectivity index (χ3n) is 4.87. The van der Waals surface area contributed by atoms with Crippen molar-refractivity contribution in [2.75, 3.05) is 13.2 Å². The van der Waals surface area contributed by atoms with Gasteiger partial charge in [-0.15, -0.1) is 11.3 Å². The molecular weight excluding hydrogens is 370 g/mol. The van der Waals surface area contributed by atoms with Crippen LogP contribution in [0, 0.1) is 18.3 Å². The molecular formula is C22H17N3O2S. The average molecular weight is 387 g/mol. The number of ether oxygens (including phenoxy) is 2. The highest BCUT2D eigenvalue weighted by atomic mass is 32.1. The van der Waals surface area contributed by atoms with Gasteiger partial charge in [0.25, 0.3) is 0 Å². The van der Waals surface area contributed by atoms with Crippen LogP contribution in [0.2, 0.25) is 0 Å². The first-order chi connectivity index (χ1) is 13.7. The lowest BCUT2D eigenvalue weighted by Gasteiger charge is -2.18. The maximum atomic E-state index is 9.45. The summed E-state index contributed by atoms with van der Waals surface area (Å²) in [6.45, 7) is 3.19. The normalized spacial score (nSPS) is 12.9. The number of nitriles is 1. The lowest BCUT2D eigenvalue weighted by molar-refractivity contribution is 0.171. The van der Waals surface area contributed by atoms with Crippen LogP contribution in [0.3, 0.4) is 0 Å². The van der Waals surface area contributed by atoms with E-state index in [1.807, 2.05) is 18.2 Å². The number of benzene rings is 2.